The van der Waals surface area contributed by atoms with Crippen molar-refractivity contribution < 1.29 is 28.8 Å². The maximum Gasteiger partial charge on any atom is 0.190 e. The van der Waals surface area contributed by atoms with Gasteiger partial charge >= 0.3 is 0 Å². The highest BCUT2D eigenvalue weighted by atomic mass is 79.9. The molecule has 0 aromatic heterocycles. The molecule has 2 aliphatic heterocycles. The van der Waals surface area contributed by atoms with Crippen molar-refractivity contribution in [1.82, 2.24) is 0 Å². The van der Waals surface area contributed by atoms with E-state index in [-0.39, 0.29) is 6.10 Å². The van der Waals surface area contributed by atoms with Crippen molar-refractivity contribution in [3.63, 3.8) is 0 Å². The molecule has 0 bridgehead atoms. The van der Waals surface area contributed by atoms with E-state index < -0.39 is 30.4 Å². The van der Waals surface area contributed by atoms with Crippen LogP contribution in [0.2, 0.25) is 0 Å². The van der Waals surface area contributed by atoms with Gasteiger partial charge in [-0.2, -0.15) is 0 Å². The number of rotatable bonds is 6. The van der Waals surface area contributed by atoms with E-state index in [2.05, 4.69) is 15.9 Å². The number of hydrogen-bond donors (Lipinski definition) is 1. The molecular weight excluding hydrogens is 392 g/mol. The van der Waals surface area contributed by atoms with E-state index in [1.807, 2.05) is 39.0 Å². The van der Waals surface area contributed by atoms with Gasteiger partial charge in [-0.25, -0.2) is 0 Å². The maximum absolute atomic E-state index is 10.0. The molecule has 0 spiro atoms. The van der Waals surface area contributed by atoms with Crippen LogP contribution in [0.3, 0.4) is 0 Å². The first-order valence-electron chi connectivity index (χ1n) is 8.52. The molecule has 0 unspecified atom stereocenters. The van der Waals surface area contributed by atoms with Crippen molar-refractivity contribution in [3.05, 3.63) is 28.2 Å². The van der Waals surface area contributed by atoms with Crippen LogP contribution in [0.1, 0.15) is 33.3 Å². The van der Waals surface area contributed by atoms with Crippen LogP contribution < -0.4 is 4.74 Å². The lowest BCUT2D eigenvalue weighted by atomic mass is 10.1. The first-order chi connectivity index (χ1) is 11.8. The zero-order valence-electron chi connectivity index (χ0n) is 14.9. The number of hydrogen-bond acceptors (Lipinski definition) is 6. The Bertz CT molecular complexity index is 605. The zero-order chi connectivity index (χ0) is 18.2. The number of aliphatic hydroxyl groups excluding tert-OH is 1. The van der Waals surface area contributed by atoms with Crippen LogP contribution in [0.5, 0.6) is 5.75 Å². The molecule has 1 aromatic carbocycles. The van der Waals surface area contributed by atoms with Gasteiger partial charge < -0.3 is 28.8 Å². The van der Waals surface area contributed by atoms with Crippen molar-refractivity contribution in [2.45, 2.75) is 70.8 Å². The third-order valence-corrected chi connectivity index (χ3v) is 4.90. The molecule has 2 aliphatic rings. The van der Waals surface area contributed by atoms with Gasteiger partial charge in [-0.15, -0.1) is 0 Å². The molecule has 2 saturated heterocycles. The van der Waals surface area contributed by atoms with Crippen LogP contribution in [-0.2, 0) is 25.6 Å². The van der Waals surface area contributed by atoms with Crippen LogP contribution in [0.4, 0.5) is 0 Å². The van der Waals surface area contributed by atoms with Crippen molar-refractivity contribution in [1.29, 1.82) is 0 Å². The quantitative estimate of drug-likeness (QED) is 0.768. The number of fused-ring (bicyclic) bond motifs is 1. The van der Waals surface area contributed by atoms with E-state index in [1.165, 1.54) is 0 Å². The Labute approximate surface area is 156 Å². The second-order valence-corrected chi connectivity index (χ2v) is 7.64. The highest BCUT2D eigenvalue weighted by Crippen LogP contribution is 2.40. The van der Waals surface area contributed by atoms with Crippen molar-refractivity contribution in [2.75, 3.05) is 6.61 Å². The van der Waals surface area contributed by atoms with Crippen molar-refractivity contribution >= 4 is 15.9 Å². The number of aliphatic hydroxyl groups is 1. The highest BCUT2D eigenvalue weighted by molar-refractivity contribution is 9.10. The monoisotopic (exact) mass is 416 g/mol. The second-order valence-electron chi connectivity index (χ2n) is 6.78. The Morgan fingerprint density at radius 2 is 2.08 bits per heavy atom. The molecule has 0 aliphatic carbocycles. The minimum Gasteiger partial charge on any atom is -0.493 e. The summed E-state index contributed by atoms with van der Waals surface area (Å²) < 4.78 is 30.0. The third kappa shape index (κ3) is 4.18. The molecule has 6 nitrogen and oxygen atoms in total. The smallest absolute Gasteiger partial charge is 0.190 e. The van der Waals surface area contributed by atoms with Gasteiger partial charge in [0.25, 0.3) is 0 Å². The molecule has 7 heteroatoms. The van der Waals surface area contributed by atoms with Crippen LogP contribution in [0.25, 0.3) is 0 Å². The average molecular weight is 417 g/mol. The fourth-order valence-corrected chi connectivity index (χ4v) is 3.54. The zero-order valence-corrected chi connectivity index (χ0v) is 16.5. The fourth-order valence-electron chi connectivity index (χ4n) is 3.18. The van der Waals surface area contributed by atoms with E-state index in [0.29, 0.717) is 13.2 Å². The Balaban J connectivity index is 1.70. The summed E-state index contributed by atoms with van der Waals surface area (Å²) in [4.78, 5) is 0. The SMILES string of the molecule is CCOc1cc(CO[C@@H]2[C@H]3OC(C)(C)O[C@H]3O[C@@H]2[C@@H](C)O)ccc1Br. The van der Waals surface area contributed by atoms with Gasteiger partial charge in [0.15, 0.2) is 12.1 Å². The van der Waals surface area contributed by atoms with E-state index in [1.54, 1.807) is 6.92 Å². The molecular formula is C18H25BrO6. The van der Waals surface area contributed by atoms with E-state index in [9.17, 15) is 5.11 Å². The standard InChI is InChI=1S/C18H25BrO6/c1-5-21-13-8-11(6-7-12(13)19)9-22-15-14(10(2)20)23-17-16(15)24-18(3,4)25-17/h6-8,10,14-17,20H,5,9H2,1-4H3/t10-,14-,15+,16-,17-/m1/s1. The Morgan fingerprint density at radius 1 is 1.32 bits per heavy atom. The lowest BCUT2D eigenvalue weighted by Gasteiger charge is -2.27. The fraction of sp³-hybridized carbons (Fsp3) is 0.667. The normalized spacial score (nSPS) is 31.8. The summed E-state index contributed by atoms with van der Waals surface area (Å²) in [5.41, 5.74) is 0.970. The molecule has 140 valence electrons. The summed E-state index contributed by atoms with van der Waals surface area (Å²) in [5, 5.41) is 10.0. The average Bonchev–Trinajstić information content (AvgIpc) is 3.00. The van der Waals surface area contributed by atoms with Gasteiger partial charge in [0, 0.05) is 0 Å². The summed E-state index contributed by atoms with van der Waals surface area (Å²) in [6.07, 6.45) is -2.48. The predicted octanol–water partition coefficient (Wildman–Crippen LogP) is 2.99. The third-order valence-electron chi connectivity index (χ3n) is 4.24. The van der Waals surface area contributed by atoms with Crippen LogP contribution in [0.15, 0.2) is 22.7 Å². The molecule has 1 N–H and O–H groups in total. The molecule has 5 atom stereocenters. The molecule has 3 rings (SSSR count). The van der Waals surface area contributed by atoms with Gasteiger partial charge in [0.05, 0.1) is 23.8 Å². The van der Waals surface area contributed by atoms with E-state index in [4.69, 9.17) is 23.7 Å². The van der Waals surface area contributed by atoms with Gasteiger partial charge in [-0.3, -0.25) is 0 Å². The number of benzene rings is 1. The summed E-state index contributed by atoms with van der Waals surface area (Å²) in [7, 11) is 0. The lowest BCUT2D eigenvalue weighted by molar-refractivity contribution is -0.229. The summed E-state index contributed by atoms with van der Waals surface area (Å²) in [6, 6.07) is 5.84. The summed E-state index contributed by atoms with van der Waals surface area (Å²) in [6.45, 7) is 8.25. The van der Waals surface area contributed by atoms with E-state index in [0.717, 1.165) is 15.8 Å². The van der Waals surface area contributed by atoms with Gasteiger partial charge in [0.1, 0.15) is 24.1 Å². The lowest BCUT2D eigenvalue weighted by Crippen LogP contribution is -2.41. The molecule has 25 heavy (non-hydrogen) atoms. The number of halogens is 1. The van der Waals surface area contributed by atoms with Gasteiger partial charge in [-0.05, 0) is 61.3 Å². The van der Waals surface area contributed by atoms with Gasteiger partial charge in [-0.1, -0.05) is 6.07 Å². The Morgan fingerprint density at radius 3 is 2.76 bits per heavy atom. The molecule has 2 fully saturated rings. The van der Waals surface area contributed by atoms with Crippen molar-refractivity contribution in [3.8, 4) is 5.75 Å². The first-order valence-corrected chi connectivity index (χ1v) is 9.32. The molecule has 0 amide bonds. The van der Waals surface area contributed by atoms with Gasteiger partial charge in [0.2, 0.25) is 0 Å². The molecule has 2 heterocycles. The van der Waals surface area contributed by atoms with Crippen LogP contribution >= 0.6 is 15.9 Å². The first kappa shape index (κ1) is 19.1. The molecule has 0 radical (unpaired) electrons. The minimum atomic E-state index is -0.722. The van der Waals surface area contributed by atoms with Crippen LogP contribution in [0, 0.1) is 0 Å². The number of ether oxygens (including phenoxy) is 5. The molecule has 0 saturated carbocycles. The predicted molar refractivity (Wildman–Crippen MR) is 94.3 cm³/mol. The van der Waals surface area contributed by atoms with Crippen LogP contribution in [-0.4, -0.2) is 48.2 Å². The second kappa shape index (κ2) is 7.50. The summed E-state index contributed by atoms with van der Waals surface area (Å²) in [5.74, 6) is 0.0539. The Kier molecular flexibility index (Phi) is 5.72. The molecule has 1 aromatic rings. The Hall–Kier alpha value is -0.700. The summed E-state index contributed by atoms with van der Waals surface area (Å²) >= 11 is 3.47. The van der Waals surface area contributed by atoms with Crippen molar-refractivity contribution in [2.24, 2.45) is 0 Å². The highest BCUT2D eigenvalue weighted by Gasteiger charge is 2.56. The topological polar surface area (TPSA) is 66.4 Å². The minimum absolute atomic E-state index is 0.359. The van der Waals surface area contributed by atoms with E-state index >= 15 is 0 Å². The largest absolute Gasteiger partial charge is 0.493 e. The maximum atomic E-state index is 10.0.